The van der Waals surface area contributed by atoms with Gasteiger partial charge in [-0.3, -0.25) is 9.78 Å². The molecule has 5 heteroatoms. The van der Waals surface area contributed by atoms with Crippen LogP contribution in [-0.4, -0.2) is 49.2 Å². The van der Waals surface area contributed by atoms with Crippen LogP contribution in [0.1, 0.15) is 79.2 Å². The maximum atomic E-state index is 12.4. The van der Waals surface area contributed by atoms with Crippen molar-refractivity contribution in [3.05, 3.63) is 30.1 Å². The highest BCUT2D eigenvalue weighted by molar-refractivity contribution is 5.78. The molecule has 1 aliphatic heterocycles. The molecule has 6 atom stereocenters. The van der Waals surface area contributed by atoms with Gasteiger partial charge in [-0.05, 0) is 72.5 Å². The van der Waals surface area contributed by atoms with E-state index in [4.69, 9.17) is 9.47 Å². The third-order valence-corrected chi connectivity index (χ3v) is 9.16. The normalized spacial score (nSPS) is 36.3. The number of carbonyl (C=O) groups excluding carboxylic acids is 1. The van der Waals surface area contributed by atoms with Gasteiger partial charge in [0.1, 0.15) is 12.4 Å². The number of amides is 1. The molecule has 0 aromatic carbocycles. The molecule has 3 aliphatic carbocycles. The molecule has 4 aliphatic rings. The summed E-state index contributed by atoms with van der Waals surface area (Å²) in [5.41, 5.74) is 2.90. The Hall–Kier alpha value is -1.88. The minimum Gasteiger partial charge on any atom is -0.495 e. The SMILES string of the molecule is CC.CC.COc1cncc(C2=CCC3C4CCC5N(C)C(=O)COCC5(C)C4CCC23C)c1. The number of carbonyl (C=O) groups is 1. The second-order valence-corrected chi connectivity index (χ2v) is 10.4. The van der Waals surface area contributed by atoms with Crippen molar-refractivity contribution in [2.24, 2.45) is 28.6 Å². The Morgan fingerprint density at radius 2 is 1.82 bits per heavy atom. The molecule has 1 aromatic rings. The van der Waals surface area contributed by atoms with E-state index in [0.717, 1.165) is 18.6 Å². The maximum absolute atomic E-state index is 12.4. The van der Waals surface area contributed by atoms with Crippen LogP contribution in [0.3, 0.4) is 0 Å². The number of pyridine rings is 1. The summed E-state index contributed by atoms with van der Waals surface area (Å²) < 4.78 is 11.4. The Morgan fingerprint density at radius 3 is 2.53 bits per heavy atom. The molecule has 1 saturated heterocycles. The predicted molar refractivity (Wildman–Crippen MR) is 139 cm³/mol. The zero-order valence-corrected chi connectivity index (χ0v) is 22.7. The summed E-state index contributed by atoms with van der Waals surface area (Å²) in [6.07, 6.45) is 12.1. The lowest BCUT2D eigenvalue weighted by Crippen LogP contribution is -2.58. The first-order valence-electron chi connectivity index (χ1n) is 13.4. The van der Waals surface area contributed by atoms with Gasteiger partial charge in [0.05, 0.1) is 19.9 Å². The number of fused-ring (bicyclic) bond motifs is 5. The van der Waals surface area contributed by atoms with Crippen LogP contribution in [0.2, 0.25) is 0 Å². The largest absolute Gasteiger partial charge is 0.495 e. The molecule has 1 amide bonds. The summed E-state index contributed by atoms with van der Waals surface area (Å²) in [7, 11) is 3.69. The zero-order valence-electron chi connectivity index (χ0n) is 22.7. The Balaban J connectivity index is 0.000000771. The minimum atomic E-state index is 0.0471. The van der Waals surface area contributed by atoms with Crippen molar-refractivity contribution in [3.8, 4) is 5.75 Å². The van der Waals surface area contributed by atoms with Crippen molar-refractivity contribution < 1.29 is 14.3 Å². The Kier molecular flexibility index (Phi) is 8.49. The topological polar surface area (TPSA) is 51.7 Å². The number of likely N-dealkylation sites (N-methyl/N-ethyl adjacent to an activating group) is 1. The molecule has 0 bridgehead atoms. The molecule has 34 heavy (non-hydrogen) atoms. The monoisotopic (exact) mass is 470 g/mol. The van der Waals surface area contributed by atoms with Gasteiger partial charge in [0.15, 0.2) is 0 Å². The highest BCUT2D eigenvalue weighted by Crippen LogP contribution is 2.65. The molecule has 3 fully saturated rings. The van der Waals surface area contributed by atoms with Crippen molar-refractivity contribution >= 4 is 11.5 Å². The fourth-order valence-electron chi connectivity index (χ4n) is 7.60. The predicted octanol–water partition coefficient (Wildman–Crippen LogP) is 6.24. The number of nitrogens with zero attached hydrogens (tertiary/aromatic N) is 2. The van der Waals surface area contributed by atoms with Crippen molar-refractivity contribution in [2.75, 3.05) is 27.4 Å². The van der Waals surface area contributed by atoms with E-state index in [9.17, 15) is 4.79 Å². The maximum Gasteiger partial charge on any atom is 0.248 e. The average molecular weight is 471 g/mol. The van der Waals surface area contributed by atoms with Crippen LogP contribution >= 0.6 is 0 Å². The first kappa shape index (κ1) is 26.7. The third kappa shape index (κ3) is 4.29. The highest BCUT2D eigenvalue weighted by atomic mass is 16.5. The standard InChI is InChI=1S/C25H34N2O3.2C2H6/c1-24-10-9-21-18(5-8-22-25(21,2)15-30-14-23(28)27(22)3)20(24)7-6-19(24)16-11-17(29-4)13-26-12-16;2*1-2/h6,11-13,18,20-22H,5,7-10,14-15H2,1-4H3;2*1-2H3. The molecule has 2 heterocycles. The second kappa shape index (κ2) is 10.8. The van der Waals surface area contributed by atoms with Gasteiger partial charge < -0.3 is 14.4 Å². The highest BCUT2D eigenvalue weighted by Gasteiger charge is 2.59. The van der Waals surface area contributed by atoms with E-state index in [1.807, 2.05) is 45.8 Å². The lowest BCUT2D eigenvalue weighted by Gasteiger charge is -2.59. The Labute approximate surface area is 207 Å². The van der Waals surface area contributed by atoms with E-state index in [0.29, 0.717) is 30.4 Å². The van der Waals surface area contributed by atoms with E-state index in [2.05, 4.69) is 31.0 Å². The van der Waals surface area contributed by atoms with Gasteiger partial charge >= 0.3 is 0 Å². The molecule has 5 rings (SSSR count). The second-order valence-electron chi connectivity index (χ2n) is 10.4. The van der Waals surface area contributed by atoms with Crippen molar-refractivity contribution in [3.63, 3.8) is 0 Å². The number of hydrogen-bond donors (Lipinski definition) is 0. The Bertz CT molecular complexity index is 884. The quantitative estimate of drug-likeness (QED) is 0.514. The van der Waals surface area contributed by atoms with Crippen LogP contribution in [0.4, 0.5) is 0 Å². The fraction of sp³-hybridized carbons (Fsp3) is 0.724. The molecule has 0 spiro atoms. The molecule has 0 radical (unpaired) electrons. The van der Waals surface area contributed by atoms with Gasteiger partial charge in [-0.2, -0.15) is 0 Å². The number of rotatable bonds is 2. The number of hydrogen-bond acceptors (Lipinski definition) is 4. The van der Waals surface area contributed by atoms with Crippen LogP contribution < -0.4 is 4.74 Å². The lowest BCUT2D eigenvalue weighted by molar-refractivity contribution is -0.137. The van der Waals surface area contributed by atoms with Crippen molar-refractivity contribution in [2.45, 2.75) is 79.7 Å². The minimum absolute atomic E-state index is 0.0471. The molecule has 6 unspecified atom stereocenters. The van der Waals surface area contributed by atoms with Crippen LogP contribution in [-0.2, 0) is 9.53 Å². The average Bonchev–Trinajstić information content (AvgIpc) is 3.18. The first-order valence-corrected chi connectivity index (χ1v) is 13.4. The van der Waals surface area contributed by atoms with Gasteiger partial charge in [0.25, 0.3) is 0 Å². The van der Waals surface area contributed by atoms with Gasteiger partial charge in [0.2, 0.25) is 5.91 Å². The molecular formula is C29H46N2O3. The number of methoxy groups -OCH3 is 1. The van der Waals surface area contributed by atoms with E-state index < -0.39 is 0 Å². The lowest BCUT2D eigenvalue weighted by atomic mass is 9.48. The van der Waals surface area contributed by atoms with E-state index >= 15 is 0 Å². The molecule has 0 N–H and O–H groups in total. The van der Waals surface area contributed by atoms with Gasteiger partial charge in [-0.25, -0.2) is 0 Å². The summed E-state index contributed by atoms with van der Waals surface area (Å²) in [5, 5.41) is 0. The molecule has 1 aromatic heterocycles. The summed E-state index contributed by atoms with van der Waals surface area (Å²) in [4.78, 5) is 18.9. The number of ether oxygens (including phenoxy) is 2. The van der Waals surface area contributed by atoms with E-state index in [1.54, 1.807) is 13.3 Å². The molecule has 5 nitrogen and oxygen atoms in total. The van der Waals surface area contributed by atoms with Crippen LogP contribution in [0, 0.1) is 28.6 Å². The Morgan fingerprint density at radius 1 is 1.09 bits per heavy atom. The van der Waals surface area contributed by atoms with Crippen molar-refractivity contribution in [1.82, 2.24) is 9.88 Å². The summed E-state index contributed by atoms with van der Waals surface area (Å²) in [6.45, 7) is 13.8. The number of allylic oxidation sites excluding steroid dienone is 2. The molecule has 2 saturated carbocycles. The smallest absolute Gasteiger partial charge is 0.248 e. The van der Waals surface area contributed by atoms with E-state index in [1.165, 1.54) is 30.4 Å². The summed E-state index contributed by atoms with van der Waals surface area (Å²) >= 11 is 0. The van der Waals surface area contributed by atoms with Gasteiger partial charge in [-0.1, -0.05) is 47.6 Å². The van der Waals surface area contributed by atoms with Crippen LogP contribution in [0.25, 0.3) is 5.57 Å². The van der Waals surface area contributed by atoms with Crippen LogP contribution in [0.5, 0.6) is 5.75 Å². The summed E-state index contributed by atoms with van der Waals surface area (Å²) in [6, 6.07) is 2.44. The third-order valence-electron chi connectivity index (χ3n) is 9.16. The zero-order chi connectivity index (χ0) is 25.1. The number of aromatic nitrogens is 1. The van der Waals surface area contributed by atoms with Crippen LogP contribution in [0.15, 0.2) is 24.5 Å². The van der Waals surface area contributed by atoms with Gasteiger partial charge in [0, 0.05) is 24.7 Å². The fourth-order valence-corrected chi connectivity index (χ4v) is 7.60. The van der Waals surface area contributed by atoms with Gasteiger partial charge in [-0.15, -0.1) is 0 Å². The van der Waals surface area contributed by atoms with E-state index in [-0.39, 0.29) is 23.3 Å². The first-order chi connectivity index (χ1) is 16.4. The van der Waals surface area contributed by atoms with Crippen molar-refractivity contribution in [1.29, 1.82) is 0 Å². The summed E-state index contributed by atoms with van der Waals surface area (Å²) in [5.74, 6) is 2.91. The molecular weight excluding hydrogens is 424 g/mol. The molecule has 190 valence electrons.